The van der Waals surface area contributed by atoms with Gasteiger partial charge in [-0.1, -0.05) is 23.7 Å². The Morgan fingerprint density at radius 1 is 1.07 bits per heavy atom. The van der Waals surface area contributed by atoms with Gasteiger partial charge in [0.1, 0.15) is 24.8 Å². The van der Waals surface area contributed by atoms with Crippen LogP contribution in [0.1, 0.15) is 28.4 Å². The molecule has 1 saturated heterocycles. The minimum absolute atomic E-state index is 0.00567. The average Bonchev–Trinajstić information content (AvgIpc) is 2.99. The van der Waals surface area contributed by atoms with E-state index in [1.54, 1.807) is 42.5 Å². The van der Waals surface area contributed by atoms with Crippen molar-refractivity contribution in [1.82, 2.24) is 4.57 Å². The van der Waals surface area contributed by atoms with E-state index in [2.05, 4.69) is 0 Å². The van der Waals surface area contributed by atoms with Crippen LogP contribution in [0, 0.1) is 0 Å². The fraction of sp³-hybridized carbons (Fsp3) is 0.367. The highest BCUT2D eigenvalue weighted by molar-refractivity contribution is 6.31. The summed E-state index contributed by atoms with van der Waals surface area (Å²) in [4.78, 5) is 39.1. The van der Waals surface area contributed by atoms with E-state index in [-0.39, 0.29) is 31.0 Å². The van der Waals surface area contributed by atoms with Crippen LogP contribution in [0.2, 0.25) is 5.02 Å². The predicted octanol–water partition coefficient (Wildman–Crippen LogP) is 4.47. The number of rotatable bonds is 12. The van der Waals surface area contributed by atoms with E-state index in [0.29, 0.717) is 52.8 Å². The summed E-state index contributed by atoms with van der Waals surface area (Å²) >= 11 is 6.23. The summed E-state index contributed by atoms with van der Waals surface area (Å²) < 4.78 is 41.4. The average molecular weight is 588 g/mol. The first-order valence-electron chi connectivity index (χ1n) is 13.0. The lowest BCUT2D eigenvalue weighted by Gasteiger charge is -2.28. The number of carbonyl (C=O) groups is 2. The van der Waals surface area contributed by atoms with Crippen LogP contribution in [0.4, 0.5) is 4.39 Å². The normalized spacial score (nSPS) is 15.7. The first kappa shape index (κ1) is 30.2. The summed E-state index contributed by atoms with van der Waals surface area (Å²) in [6.45, 7) is 0.266. The summed E-state index contributed by atoms with van der Waals surface area (Å²) in [6, 6.07) is 11.7. The molecule has 2 unspecified atom stereocenters. The zero-order valence-electron chi connectivity index (χ0n) is 22.8. The fourth-order valence-corrected chi connectivity index (χ4v) is 4.82. The minimum Gasteiger partial charge on any atom is -0.495 e. The van der Waals surface area contributed by atoms with Gasteiger partial charge in [0.15, 0.2) is 5.78 Å². The van der Waals surface area contributed by atoms with Crippen molar-refractivity contribution in [2.24, 2.45) is 0 Å². The molecule has 218 valence electrons. The van der Waals surface area contributed by atoms with Gasteiger partial charge in [0.2, 0.25) is 0 Å². The number of esters is 1. The Balaban J connectivity index is 1.71. The van der Waals surface area contributed by atoms with E-state index >= 15 is 0 Å². The molecule has 1 fully saturated rings. The topological polar surface area (TPSA) is 102 Å². The van der Waals surface area contributed by atoms with Crippen LogP contribution in [0.3, 0.4) is 0 Å². The van der Waals surface area contributed by atoms with Gasteiger partial charge in [0.05, 0.1) is 57.9 Å². The van der Waals surface area contributed by atoms with Crippen LogP contribution in [-0.4, -0.2) is 69.7 Å². The Morgan fingerprint density at radius 3 is 2.49 bits per heavy atom. The number of hydrogen-bond donors (Lipinski definition) is 0. The maximum atomic E-state index is 13.7. The minimum atomic E-state index is -0.904. The van der Waals surface area contributed by atoms with E-state index < -0.39 is 30.3 Å². The Hall–Kier alpha value is -3.73. The molecule has 0 saturated carbocycles. The van der Waals surface area contributed by atoms with Crippen molar-refractivity contribution in [1.29, 1.82) is 0 Å². The van der Waals surface area contributed by atoms with Crippen molar-refractivity contribution in [3.05, 3.63) is 81.2 Å². The third-order valence-corrected chi connectivity index (χ3v) is 6.90. The molecule has 1 aliphatic rings. The monoisotopic (exact) mass is 587 g/mol. The molecule has 1 aliphatic heterocycles. The third-order valence-electron chi connectivity index (χ3n) is 6.66. The van der Waals surface area contributed by atoms with Crippen LogP contribution < -0.4 is 15.0 Å². The van der Waals surface area contributed by atoms with Gasteiger partial charge in [-0.2, -0.15) is 0 Å². The number of nitrogens with zero attached hydrogens (tertiary/aromatic N) is 1. The molecule has 2 aromatic carbocycles. The number of Topliss-reactive ketones (excluding diaryl/α,β-unsaturated/α-hetero) is 1. The van der Waals surface area contributed by atoms with E-state index in [4.69, 9.17) is 35.3 Å². The number of aromatic nitrogens is 1. The SMILES string of the molecule is COC(=O)c1ccc(CC(=O)C(CC2COCCO2)n2cc(OC)c(-c3cc(Cl)ccc3OCCF)cc2=O)cc1. The Kier molecular flexibility index (Phi) is 10.5. The highest BCUT2D eigenvalue weighted by atomic mass is 35.5. The number of ether oxygens (including phenoxy) is 5. The molecule has 0 aliphatic carbocycles. The van der Waals surface area contributed by atoms with Crippen LogP contribution >= 0.6 is 11.6 Å². The third kappa shape index (κ3) is 7.52. The van der Waals surface area contributed by atoms with Crippen molar-refractivity contribution in [3.8, 4) is 22.6 Å². The molecule has 0 N–H and O–H groups in total. The van der Waals surface area contributed by atoms with Gasteiger partial charge < -0.3 is 28.3 Å². The zero-order chi connectivity index (χ0) is 29.4. The van der Waals surface area contributed by atoms with Gasteiger partial charge in [-0.25, -0.2) is 9.18 Å². The van der Waals surface area contributed by atoms with Crippen molar-refractivity contribution < 1.29 is 37.7 Å². The highest BCUT2D eigenvalue weighted by Crippen LogP contribution is 2.38. The molecule has 41 heavy (non-hydrogen) atoms. The summed E-state index contributed by atoms with van der Waals surface area (Å²) in [5.74, 6) is -0.0974. The molecule has 11 heteroatoms. The molecule has 9 nitrogen and oxygen atoms in total. The van der Waals surface area contributed by atoms with Crippen LogP contribution in [0.15, 0.2) is 59.5 Å². The molecule has 0 amide bonds. The van der Waals surface area contributed by atoms with Gasteiger partial charge in [-0.3, -0.25) is 9.59 Å². The second-order valence-electron chi connectivity index (χ2n) is 9.33. The van der Waals surface area contributed by atoms with Gasteiger partial charge in [-0.05, 0) is 35.9 Å². The second-order valence-corrected chi connectivity index (χ2v) is 9.77. The highest BCUT2D eigenvalue weighted by Gasteiger charge is 2.29. The van der Waals surface area contributed by atoms with Crippen LogP contribution in [0.5, 0.6) is 11.5 Å². The van der Waals surface area contributed by atoms with Gasteiger partial charge >= 0.3 is 5.97 Å². The fourth-order valence-electron chi connectivity index (χ4n) is 4.65. The molecule has 4 rings (SSSR count). The quantitative estimate of drug-likeness (QED) is 0.286. The van der Waals surface area contributed by atoms with Gasteiger partial charge in [0.25, 0.3) is 5.56 Å². The number of alkyl halides is 1. The first-order valence-corrected chi connectivity index (χ1v) is 13.4. The number of halogens is 2. The lowest BCUT2D eigenvalue weighted by molar-refractivity contribution is -0.126. The van der Waals surface area contributed by atoms with E-state index in [0.717, 1.165) is 0 Å². The Morgan fingerprint density at radius 2 is 1.83 bits per heavy atom. The first-order chi connectivity index (χ1) is 19.8. The largest absolute Gasteiger partial charge is 0.495 e. The predicted molar refractivity (Wildman–Crippen MR) is 150 cm³/mol. The second kappa shape index (κ2) is 14.2. The molecule has 2 heterocycles. The van der Waals surface area contributed by atoms with E-state index in [1.807, 2.05) is 0 Å². The zero-order valence-corrected chi connectivity index (χ0v) is 23.5. The van der Waals surface area contributed by atoms with Crippen molar-refractivity contribution in [3.63, 3.8) is 0 Å². The Bertz CT molecular complexity index is 1420. The molecule has 2 atom stereocenters. The smallest absolute Gasteiger partial charge is 0.337 e. The lowest BCUT2D eigenvalue weighted by atomic mass is 9.97. The maximum absolute atomic E-state index is 13.7. The molecule has 1 aromatic heterocycles. The van der Waals surface area contributed by atoms with Crippen molar-refractivity contribution in [2.45, 2.75) is 25.0 Å². The number of pyridine rings is 1. The molecule has 3 aromatic rings. The number of hydrogen-bond acceptors (Lipinski definition) is 8. The Labute approximate surface area is 241 Å². The van der Waals surface area contributed by atoms with Gasteiger partial charge in [0, 0.05) is 35.1 Å². The summed E-state index contributed by atoms with van der Waals surface area (Å²) in [5, 5.41) is 0.388. The maximum Gasteiger partial charge on any atom is 0.337 e. The molecule has 0 radical (unpaired) electrons. The number of benzene rings is 2. The number of carbonyl (C=O) groups excluding carboxylic acids is 2. The summed E-state index contributed by atoms with van der Waals surface area (Å²) in [7, 11) is 2.74. The summed E-state index contributed by atoms with van der Waals surface area (Å²) in [5.41, 5.74) is 1.39. The molecular weight excluding hydrogens is 557 g/mol. The van der Waals surface area contributed by atoms with Crippen molar-refractivity contribution in [2.75, 3.05) is 47.3 Å². The lowest BCUT2D eigenvalue weighted by Crippen LogP contribution is -2.37. The number of ketones is 1. The summed E-state index contributed by atoms with van der Waals surface area (Å²) in [6.07, 6.45) is 1.28. The van der Waals surface area contributed by atoms with E-state index in [9.17, 15) is 18.8 Å². The van der Waals surface area contributed by atoms with Crippen molar-refractivity contribution >= 4 is 23.4 Å². The molecule has 0 spiro atoms. The number of methoxy groups -OCH3 is 2. The molecular formula is C30H31ClFNO8. The van der Waals surface area contributed by atoms with E-state index in [1.165, 1.54) is 31.0 Å². The molecule has 0 bridgehead atoms. The van der Waals surface area contributed by atoms with Gasteiger partial charge in [-0.15, -0.1) is 0 Å². The van der Waals surface area contributed by atoms with Crippen LogP contribution in [0.25, 0.3) is 11.1 Å². The standard InChI is InChI=1S/C30H31ClFNO8/c1-37-28-17-33(29(35)16-24(28)23-14-21(31)7-8-27(23)41-10-9-32)25(15-22-18-39-11-12-40-22)26(34)13-19-3-5-20(6-4-19)30(36)38-2/h3-8,14,16-17,22,25H,9-13,15,18H2,1-2H3. The van der Waals surface area contributed by atoms with Crippen LogP contribution in [-0.2, 0) is 25.4 Å².